The molecule has 1 atom stereocenters. The molecular weight excluding hydrogens is 448 g/mol. The largest absolute Gasteiger partial charge is 0.421 e. The minimum absolute atomic E-state index is 0.446. The molecule has 0 aliphatic heterocycles. The molecule has 164 valence electrons. The number of anilines is 1. The van der Waals surface area contributed by atoms with E-state index in [9.17, 15) is 9.00 Å². The van der Waals surface area contributed by atoms with Gasteiger partial charge >= 0.3 is 0 Å². The number of nitrogens with one attached hydrogen (secondary N) is 1. The summed E-state index contributed by atoms with van der Waals surface area (Å²) < 4.78 is 20.8. The van der Waals surface area contributed by atoms with Gasteiger partial charge in [-0.05, 0) is 74.0 Å². The zero-order valence-electron chi connectivity index (χ0n) is 17.7. The molecule has 4 rings (SSSR count). The number of aldehydes is 1. The van der Waals surface area contributed by atoms with E-state index in [0.717, 1.165) is 28.8 Å². The molecule has 7 nitrogen and oxygen atoms in total. The van der Waals surface area contributed by atoms with Gasteiger partial charge in [-0.2, -0.15) is 0 Å². The normalized spacial score (nSPS) is 11.2. The van der Waals surface area contributed by atoms with E-state index in [-0.39, 0.29) is 0 Å². The van der Waals surface area contributed by atoms with E-state index < -0.39 is 11.0 Å². The van der Waals surface area contributed by atoms with Gasteiger partial charge in [0.15, 0.2) is 6.29 Å². The van der Waals surface area contributed by atoms with Gasteiger partial charge in [0.1, 0.15) is 11.0 Å². The number of halogens is 1. The van der Waals surface area contributed by atoms with E-state index in [1.807, 2.05) is 32.0 Å². The fourth-order valence-electron chi connectivity index (χ4n) is 2.58. The highest BCUT2D eigenvalue weighted by atomic mass is 35.5. The third-order valence-corrected chi connectivity index (χ3v) is 5.64. The maximum atomic E-state index is 12.4. The van der Waals surface area contributed by atoms with Gasteiger partial charge in [-0.3, -0.25) is 9.78 Å². The number of carbonyl (C=O) groups is 1. The molecule has 0 fully saturated rings. The molecule has 0 saturated heterocycles. The fraction of sp³-hybridized carbons (Fsp3) is 0.130. The van der Waals surface area contributed by atoms with Gasteiger partial charge in [-0.25, -0.2) is 4.21 Å². The first-order valence-corrected chi connectivity index (χ1v) is 11.1. The van der Waals surface area contributed by atoms with Crippen LogP contribution in [0.15, 0.2) is 70.1 Å². The van der Waals surface area contributed by atoms with E-state index in [0.29, 0.717) is 27.3 Å². The topological polar surface area (TPSA) is 98.0 Å². The number of nitrogens with zero attached hydrogens (tertiary/aromatic N) is 3. The average molecular weight is 469 g/mol. The minimum atomic E-state index is -1.37. The fourth-order valence-corrected chi connectivity index (χ4v) is 3.74. The predicted molar refractivity (Wildman–Crippen MR) is 125 cm³/mol. The number of benzene rings is 2. The van der Waals surface area contributed by atoms with Gasteiger partial charge in [0.05, 0.1) is 4.90 Å². The molecule has 1 N–H and O–H groups in total. The van der Waals surface area contributed by atoms with Crippen LogP contribution in [0.3, 0.4) is 0 Å². The Bertz CT molecular complexity index is 1220. The minimum Gasteiger partial charge on any atom is -0.421 e. The average Bonchev–Trinajstić information content (AvgIpc) is 3.23. The lowest BCUT2D eigenvalue weighted by Gasteiger charge is -2.09. The smallest absolute Gasteiger partial charge is 0.247 e. The van der Waals surface area contributed by atoms with Crippen LogP contribution < -0.4 is 4.72 Å². The Kier molecular flexibility index (Phi) is 7.86. The molecule has 0 radical (unpaired) electrons. The van der Waals surface area contributed by atoms with Gasteiger partial charge in [-0.15, -0.1) is 10.2 Å². The molecule has 0 amide bonds. The Morgan fingerprint density at radius 1 is 1.00 bits per heavy atom. The Labute approximate surface area is 193 Å². The maximum absolute atomic E-state index is 12.4. The second-order valence-corrected chi connectivity index (χ2v) is 8.48. The first-order valence-electron chi connectivity index (χ1n) is 9.58. The molecule has 2 aromatic carbocycles. The lowest BCUT2D eigenvalue weighted by Crippen LogP contribution is -2.05. The van der Waals surface area contributed by atoms with Crippen molar-refractivity contribution < 1.29 is 13.4 Å². The van der Waals surface area contributed by atoms with Gasteiger partial charge in [0.25, 0.3) is 0 Å². The summed E-state index contributed by atoms with van der Waals surface area (Å²) in [5, 5.41) is 8.40. The summed E-state index contributed by atoms with van der Waals surface area (Å²) in [6.07, 6.45) is 2.34. The van der Waals surface area contributed by atoms with Crippen molar-refractivity contribution in [2.75, 3.05) is 4.72 Å². The van der Waals surface area contributed by atoms with Crippen molar-refractivity contribution in [1.29, 1.82) is 0 Å². The SMILES string of the molecule is Cc1ccc(C=O)cn1.Cc1nnc(-c2ccc(S(=O)Nc3ccc(Cl)cc3C)cc2)o1. The van der Waals surface area contributed by atoms with Crippen LogP contribution in [0.25, 0.3) is 11.5 Å². The summed E-state index contributed by atoms with van der Waals surface area (Å²) in [6.45, 7) is 5.53. The molecule has 0 aliphatic carbocycles. The zero-order chi connectivity index (χ0) is 23.1. The van der Waals surface area contributed by atoms with Gasteiger partial charge in [-0.1, -0.05) is 11.6 Å². The summed E-state index contributed by atoms with van der Waals surface area (Å²) in [6, 6.07) is 16.1. The second kappa shape index (κ2) is 10.8. The molecule has 32 heavy (non-hydrogen) atoms. The van der Waals surface area contributed by atoms with Gasteiger partial charge in [0, 0.05) is 40.7 Å². The zero-order valence-corrected chi connectivity index (χ0v) is 19.3. The van der Waals surface area contributed by atoms with Crippen molar-refractivity contribution >= 4 is 34.6 Å². The Balaban J connectivity index is 0.000000269. The highest BCUT2D eigenvalue weighted by Crippen LogP contribution is 2.23. The Morgan fingerprint density at radius 3 is 2.31 bits per heavy atom. The van der Waals surface area contributed by atoms with Crippen molar-refractivity contribution in [2.45, 2.75) is 25.7 Å². The van der Waals surface area contributed by atoms with Gasteiger partial charge in [0.2, 0.25) is 11.8 Å². The van der Waals surface area contributed by atoms with Crippen molar-refractivity contribution in [2.24, 2.45) is 0 Å². The van der Waals surface area contributed by atoms with Crippen molar-refractivity contribution in [3.05, 3.63) is 88.5 Å². The lowest BCUT2D eigenvalue weighted by molar-refractivity contribution is 0.112. The third kappa shape index (κ3) is 6.32. The van der Waals surface area contributed by atoms with Crippen molar-refractivity contribution in [3.63, 3.8) is 0 Å². The van der Waals surface area contributed by atoms with Gasteiger partial charge < -0.3 is 9.14 Å². The number of hydrogen-bond acceptors (Lipinski definition) is 6. The van der Waals surface area contributed by atoms with E-state index in [2.05, 4.69) is 19.9 Å². The molecular formula is C23H21ClN4O3S. The van der Waals surface area contributed by atoms with Crippen molar-refractivity contribution in [1.82, 2.24) is 15.2 Å². The summed E-state index contributed by atoms with van der Waals surface area (Å²) >= 11 is 5.92. The monoisotopic (exact) mass is 468 g/mol. The van der Waals surface area contributed by atoms with Crippen LogP contribution >= 0.6 is 11.6 Å². The number of pyridine rings is 1. The number of hydrogen-bond donors (Lipinski definition) is 1. The molecule has 9 heteroatoms. The number of aromatic nitrogens is 3. The van der Waals surface area contributed by atoms with E-state index in [1.165, 1.54) is 0 Å². The lowest BCUT2D eigenvalue weighted by atomic mass is 10.2. The van der Waals surface area contributed by atoms with Crippen LogP contribution in [-0.4, -0.2) is 25.7 Å². The molecule has 1 unspecified atom stereocenters. The standard InChI is InChI=1S/C16H14ClN3O2S.C7H7NO/c1-10-9-13(17)5-8-15(10)20-23(21)14-6-3-12(4-7-14)16-19-18-11(2)22-16;1-6-2-3-7(5-9)4-8-6/h3-9,20H,1-2H3;2-5H,1H3. The molecule has 0 aliphatic rings. The van der Waals surface area contributed by atoms with Crippen LogP contribution in [-0.2, 0) is 11.0 Å². The summed E-state index contributed by atoms with van der Waals surface area (Å²) in [4.78, 5) is 14.6. The van der Waals surface area contributed by atoms with E-state index in [4.69, 9.17) is 16.0 Å². The van der Waals surface area contributed by atoms with Crippen LogP contribution in [0.5, 0.6) is 0 Å². The summed E-state index contributed by atoms with van der Waals surface area (Å²) in [7, 11) is -1.37. The summed E-state index contributed by atoms with van der Waals surface area (Å²) in [5.74, 6) is 0.953. The van der Waals surface area contributed by atoms with Crippen LogP contribution in [0, 0.1) is 20.8 Å². The molecule has 2 heterocycles. The number of carbonyl (C=O) groups excluding carboxylic acids is 1. The highest BCUT2D eigenvalue weighted by molar-refractivity contribution is 7.86. The Morgan fingerprint density at radius 2 is 1.75 bits per heavy atom. The van der Waals surface area contributed by atoms with E-state index in [1.54, 1.807) is 49.5 Å². The van der Waals surface area contributed by atoms with Crippen molar-refractivity contribution in [3.8, 4) is 11.5 Å². The second-order valence-electron chi connectivity index (χ2n) is 6.83. The first-order chi connectivity index (χ1) is 15.4. The number of rotatable bonds is 5. The first kappa shape index (κ1) is 23.3. The molecule has 2 aromatic heterocycles. The summed E-state index contributed by atoms with van der Waals surface area (Å²) in [5.41, 5.74) is 4.06. The highest BCUT2D eigenvalue weighted by Gasteiger charge is 2.09. The number of aryl methyl sites for hydroxylation is 3. The van der Waals surface area contributed by atoms with Crippen LogP contribution in [0.4, 0.5) is 5.69 Å². The predicted octanol–water partition coefficient (Wildman–Crippen LogP) is 5.34. The van der Waals surface area contributed by atoms with E-state index >= 15 is 0 Å². The van der Waals surface area contributed by atoms with Crippen LogP contribution in [0.2, 0.25) is 5.02 Å². The Hall–Kier alpha value is -3.36. The molecule has 0 spiro atoms. The molecule has 0 bridgehead atoms. The third-order valence-electron chi connectivity index (χ3n) is 4.30. The molecule has 0 saturated carbocycles. The maximum Gasteiger partial charge on any atom is 0.247 e. The van der Waals surface area contributed by atoms with Crippen LogP contribution in [0.1, 0.15) is 27.5 Å². The quantitative estimate of drug-likeness (QED) is 0.397. The molecule has 4 aromatic rings.